The molecule has 9 heteroatoms. The molecule has 2 rings (SSSR count). The first-order chi connectivity index (χ1) is 11.7. The Hall–Kier alpha value is -1.80. The Labute approximate surface area is 155 Å². The Morgan fingerprint density at radius 3 is 2.52 bits per heavy atom. The van der Waals surface area contributed by atoms with E-state index in [2.05, 4.69) is 10.0 Å². The minimum atomic E-state index is -3.89. The number of carbonyl (C=O) groups is 1. The molecule has 0 aliphatic heterocycles. The first-order valence-electron chi connectivity index (χ1n) is 7.23. The molecule has 3 N–H and O–H groups in total. The fourth-order valence-corrected chi connectivity index (χ4v) is 3.36. The third kappa shape index (κ3) is 5.34. The zero-order valence-corrected chi connectivity index (χ0v) is 15.5. The highest BCUT2D eigenvalue weighted by molar-refractivity contribution is 7.92. The standard InChI is InChI=1S/C16H16Cl2N2O4S/c1-10(21)9-19-16(22)11-3-2-4-12(7-11)20-25(23,24)13-5-6-14(17)15(18)8-13/h2-8,10,20-21H,9H2,1H3,(H,19,22). The van der Waals surface area contributed by atoms with Crippen LogP contribution in [0.15, 0.2) is 47.4 Å². The Morgan fingerprint density at radius 2 is 1.88 bits per heavy atom. The molecule has 0 aliphatic rings. The number of amides is 1. The van der Waals surface area contributed by atoms with Crippen LogP contribution >= 0.6 is 23.2 Å². The molecule has 0 bridgehead atoms. The van der Waals surface area contributed by atoms with Crippen molar-refractivity contribution >= 4 is 44.8 Å². The molecule has 134 valence electrons. The van der Waals surface area contributed by atoms with E-state index >= 15 is 0 Å². The first kappa shape index (κ1) is 19.5. The van der Waals surface area contributed by atoms with Crippen molar-refractivity contribution in [3.05, 3.63) is 58.1 Å². The van der Waals surface area contributed by atoms with Crippen LogP contribution in [-0.4, -0.2) is 32.1 Å². The molecular formula is C16H16Cl2N2O4S. The summed E-state index contributed by atoms with van der Waals surface area (Å²) >= 11 is 11.6. The lowest BCUT2D eigenvalue weighted by Crippen LogP contribution is -2.30. The van der Waals surface area contributed by atoms with Crippen molar-refractivity contribution < 1.29 is 18.3 Å². The van der Waals surface area contributed by atoms with Gasteiger partial charge in [-0.05, 0) is 43.3 Å². The highest BCUT2D eigenvalue weighted by atomic mass is 35.5. The molecule has 0 radical (unpaired) electrons. The SMILES string of the molecule is CC(O)CNC(=O)c1cccc(NS(=O)(=O)c2ccc(Cl)c(Cl)c2)c1. The molecule has 0 aliphatic carbocycles. The molecule has 2 aromatic carbocycles. The summed E-state index contributed by atoms with van der Waals surface area (Å²) in [7, 11) is -3.89. The van der Waals surface area contributed by atoms with Crippen LogP contribution in [0, 0.1) is 0 Å². The van der Waals surface area contributed by atoms with Crippen LogP contribution < -0.4 is 10.0 Å². The van der Waals surface area contributed by atoms with Crippen LogP contribution in [0.3, 0.4) is 0 Å². The second kappa shape index (κ2) is 8.05. The number of benzene rings is 2. The van der Waals surface area contributed by atoms with Crippen LogP contribution in [0.2, 0.25) is 10.0 Å². The van der Waals surface area contributed by atoms with Crippen LogP contribution in [0.4, 0.5) is 5.69 Å². The second-order valence-electron chi connectivity index (χ2n) is 5.32. The molecule has 2 aromatic rings. The van der Waals surface area contributed by atoms with E-state index < -0.39 is 22.0 Å². The summed E-state index contributed by atoms with van der Waals surface area (Å²) in [6.45, 7) is 1.64. The molecule has 0 saturated carbocycles. The normalized spacial score (nSPS) is 12.5. The Morgan fingerprint density at radius 1 is 1.16 bits per heavy atom. The Balaban J connectivity index is 2.20. The average molecular weight is 403 g/mol. The van der Waals surface area contributed by atoms with E-state index in [0.29, 0.717) is 0 Å². The maximum absolute atomic E-state index is 12.4. The number of aliphatic hydroxyl groups is 1. The average Bonchev–Trinajstić information content (AvgIpc) is 2.54. The minimum absolute atomic E-state index is 0.0501. The molecule has 6 nitrogen and oxygen atoms in total. The van der Waals surface area contributed by atoms with Crippen molar-refractivity contribution in [2.45, 2.75) is 17.9 Å². The molecule has 0 fully saturated rings. The smallest absolute Gasteiger partial charge is 0.261 e. The number of hydrogen-bond acceptors (Lipinski definition) is 4. The van der Waals surface area contributed by atoms with Gasteiger partial charge in [-0.3, -0.25) is 9.52 Å². The van der Waals surface area contributed by atoms with Gasteiger partial charge in [-0.2, -0.15) is 0 Å². The molecule has 0 heterocycles. The molecule has 25 heavy (non-hydrogen) atoms. The van der Waals surface area contributed by atoms with Crippen molar-refractivity contribution in [3.8, 4) is 0 Å². The number of aliphatic hydroxyl groups excluding tert-OH is 1. The van der Waals surface area contributed by atoms with Crippen LogP contribution in [0.1, 0.15) is 17.3 Å². The summed E-state index contributed by atoms with van der Waals surface area (Å²) in [5, 5.41) is 12.1. The second-order valence-corrected chi connectivity index (χ2v) is 7.82. The van der Waals surface area contributed by atoms with Gasteiger partial charge in [0.05, 0.1) is 21.0 Å². The zero-order valence-electron chi connectivity index (χ0n) is 13.2. The summed E-state index contributed by atoms with van der Waals surface area (Å²) in [6.07, 6.45) is -0.680. The minimum Gasteiger partial charge on any atom is -0.392 e. The lowest BCUT2D eigenvalue weighted by molar-refractivity contribution is 0.0924. The van der Waals surface area contributed by atoms with Crippen LogP contribution in [0.5, 0.6) is 0 Å². The van der Waals surface area contributed by atoms with Gasteiger partial charge >= 0.3 is 0 Å². The van der Waals surface area contributed by atoms with Gasteiger partial charge in [-0.15, -0.1) is 0 Å². The molecule has 1 unspecified atom stereocenters. The first-order valence-corrected chi connectivity index (χ1v) is 9.47. The highest BCUT2D eigenvalue weighted by Gasteiger charge is 2.16. The van der Waals surface area contributed by atoms with Gasteiger partial charge in [0.25, 0.3) is 15.9 Å². The van der Waals surface area contributed by atoms with Gasteiger partial charge in [0, 0.05) is 17.8 Å². The summed E-state index contributed by atoms with van der Waals surface area (Å²) in [4.78, 5) is 11.9. The number of anilines is 1. The lowest BCUT2D eigenvalue weighted by atomic mass is 10.2. The number of hydrogen-bond donors (Lipinski definition) is 3. The third-order valence-corrected chi connectivity index (χ3v) is 5.25. The molecular weight excluding hydrogens is 387 g/mol. The van der Waals surface area contributed by atoms with Crippen molar-refractivity contribution in [3.63, 3.8) is 0 Å². The number of halogens is 2. The molecule has 1 amide bonds. The molecule has 1 atom stereocenters. The Bertz CT molecular complexity index is 885. The van der Waals surface area contributed by atoms with E-state index in [1.54, 1.807) is 13.0 Å². The van der Waals surface area contributed by atoms with Crippen molar-refractivity contribution in [1.29, 1.82) is 0 Å². The number of carbonyl (C=O) groups excluding carboxylic acids is 1. The topological polar surface area (TPSA) is 95.5 Å². The van der Waals surface area contributed by atoms with Gasteiger partial charge in [-0.1, -0.05) is 29.3 Å². The summed E-state index contributed by atoms with van der Waals surface area (Å²) in [5.74, 6) is -0.420. The Kier molecular flexibility index (Phi) is 6.29. The van der Waals surface area contributed by atoms with Crippen molar-refractivity contribution in [2.24, 2.45) is 0 Å². The van der Waals surface area contributed by atoms with E-state index in [1.165, 1.54) is 36.4 Å². The van der Waals surface area contributed by atoms with Crippen molar-refractivity contribution in [1.82, 2.24) is 5.32 Å². The summed E-state index contributed by atoms with van der Waals surface area (Å²) in [5.41, 5.74) is 0.478. The van der Waals surface area contributed by atoms with E-state index in [9.17, 15) is 18.3 Å². The summed E-state index contributed by atoms with van der Waals surface area (Å²) in [6, 6.07) is 9.95. The number of rotatable bonds is 6. The van der Waals surface area contributed by atoms with Gasteiger partial charge in [0.15, 0.2) is 0 Å². The number of sulfonamides is 1. The van der Waals surface area contributed by atoms with Gasteiger partial charge in [0.1, 0.15) is 0 Å². The largest absolute Gasteiger partial charge is 0.392 e. The highest BCUT2D eigenvalue weighted by Crippen LogP contribution is 2.26. The lowest BCUT2D eigenvalue weighted by Gasteiger charge is -2.11. The number of nitrogens with one attached hydrogen (secondary N) is 2. The van der Waals surface area contributed by atoms with E-state index in [1.807, 2.05) is 0 Å². The van der Waals surface area contributed by atoms with E-state index in [-0.39, 0.29) is 32.7 Å². The van der Waals surface area contributed by atoms with Gasteiger partial charge in [0.2, 0.25) is 0 Å². The molecule has 0 aromatic heterocycles. The van der Waals surface area contributed by atoms with Crippen LogP contribution in [-0.2, 0) is 10.0 Å². The molecule has 0 saturated heterocycles. The fourth-order valence-electron chi connectivity index (χ4n) is 1.92. The monoisotopic (exact) mass is 402 g/mol. The quantitative estimate of drug-likeness (QED) is 0.691. The third-order valence-electron chi connectivity index (χ3n) is 3.14. The predicted molar refractivity (Wildman–Crippen MR) is 97.7 cm³/mol. The predicted octanol–water partition coefficient (Wildman–Crippen LogP) is 2.90. The van der Waals surface area contributed by atoms with Crippen LogP contribution in [0.25, 0.3) is 0 Å². The van der Waals surface area contributed by atoms with Gasteiger partial charge in [-0.25, -0.2) is 8.42 Å². The summed E-state index contributed by atoms with van der Waals surface area (Å²) < 4.78 is 27.2. The maximum Gasteiger partial charge on any atom is 0.261 e. The van der Waals surface area contributed by atoms with Gasteiger partial charge < -0.3 is 10.4 Å². The fraction of sp³-hybridized carbons (Fsp3) is 0.188. The van der Waals surface area contributed by atoms with Crippen molar-refractivity contribution in [2.75, 3.05) is 11.3 Å². The zero-order chi connectivity index (χ0) is 18.6. The maximum atomic E-state index is 12.4. The van der Waals surface area contributed by atoms with E-state index in [0.717, 1.165) is 0 Å². The molecule has 0 spiro atoms. The van der Waals surface area contributed by atoms with E-state index in [4.69, 9.17) is 23.2 Å².